The molecule has 3 nitrogen and oxygen atoms in total. The maximum absolute atomic E-state index is 5.71. The largest absolute Gasteiger partial charge is 0.478 e. The van der Waals surface area contributed by atoms with Crippen molar-refractivity contribution < 1.29 is 4.74 Å². The Morgan fingerprint density at radius 2 is 1.95 bits per heavy atom. The second-order valence-electron chi connectivity index (χ2n) is 5.05. The second kappa shape index (κ2) is 9.79. The van der Waals surface area contributed by atoms with E-state index in [4.69, 9.17) is 4.74 Å². The lowest BCUT2D eigenvalue weighted by molar-refractivity contribution is 0.292. The summed E-state index contributed by atoms with van der Waals surface area (Å²) in [6.07, 6.45) is 9.53. The predicted molar refractivity (Wildman–Crippen MR) is 80.6 cm³/mol. The molecule has 0 aliphatic rings. The Morgan fingerprint density at radius 3 is 2.68 bits per heavy atom. The van der Waals surface area contributed by atoms with Crippen molar-refractivity contribution in [3.8, 4) is 5.88 Å². The van der Waals surface area contributed by atoms with Crippen LogP contribution in [0.4, 0.5) is 0 Å². The van der Waals surface area contributed by atoms with Gasteiger partial charge in [0.2, 0.25) is 5.88 Å². The van der Waals surface area contributed by atoms with Crippen LogP contribution in [-0.2, 0) is 0 Å². The number of pyridine rings is 1. The van der Waals surface area contributed by atoms with Crippen molar-refractivity contribution in [2.45, 2.75) is 58.4 Å². The number of ether oxygens (including phenoxy) is 1. The molecule has 0 aliphatic carbocycles. The molecule has 0 amide bonds. The van der Waals surface area contributed by atoms with Crippen LogP contribution < -0.4 is 10.1 Å². The Morgan fingerprint density at radius 1 is 1.21 bits per heavy atom. The van der Waals surface area contributed by atoms with Gasteiger partial charge in [0.1, 0.15) is 0 Å². The summed E-state index contributed by atoms with van der Waals surface area (Å²) in [7, 11) is 1.96. The van der Waals surface area contributed by atoms with E-state index < -0.39 is 0 Å². The van der Waals surface area contributed by atoms with Crippen molar-refractivity contribution in [1.29, 1.82) is 0 Å². The lowest BCUT2D eigenvalue weighted by Crippen LogP contribution is -2.12. The van der Waals surface area contributed by atoms with Crippen molar-refractivity contribution in [2.24, 2.45) is 0 Å². The summed E-state index contributed by atoms with van der Waals surface area (Å²) >= 11 is 0. The van der Waals surface area contributed by atoms with Crippen LogP contribution in [0, 0.1) is 0 Å². The van der Waals surface area contributed by atoms with Crippen molar-refractivity contribution in [3.05, 3.63) is 23.9 Å². The van der Waals surface area contributed by atoms with E-state index in [2.05, 4.69) is 24.1 Å². The fourth-order valence-corrected chi connectivity index (χ4v) is 2.00. The van der Waals surface area contributed by atoms with Crippen LogP contribution >= 0.6 is 0 Å². The first-order valence-electron chi connectivity index (χ1n) is 7.54. The first-order chi connectivity index (χ1) is 9.27. The first-order valence-corrected chi connectivity index (χ1v) is 7.54. The topological polar surface area (TPSA) is 34.1 Å². The number of aromatic nitrogens is 1. The summed E-state index contributed by atoms with van der Waals surface area (Å²) in [6, 6.07) is 4.39. The SMILES string of the molecule is CCCCCCCCOc1cc(C(C)NC)ccn1. The monoisotopic (exact) mass is 264 g/mol. The molecular weight excluding hydrogens is 236 g/mol. The third-order valence-electron chi connectivity index (χ3n) is 3.44. The fraction of sp³-hybridized carbons (Fsp3) is 0.688. The van der Waals surface area contributed by atoms with Gasteiger partial charge in [-0.1, -0.05) is 39.0 Å². The Bertz CT molecular complexity index is 341. The molecule has 0 fully saturated rings. The third kappa shape index (κ3) is 6.58. The van der Waals surface area contributed by atoms with Crippen LogP contribution in [0.1, 0.15) is 64.0 Å². The van der Waals surface area contributed by atoms with E-state index in [1.54, 1.807) is 0 Å². The number of rotatable bonds is 10. The Hall–Kier alpha value is -1.09. The Labute approximate surface area is 117 Å². The number of hydrogen-bond acceptors (Lipinski definition) is 3. The molecule has 1 rings (SSSR count). The zero-order valence-electron chi connectivity index (χ0n) is 12.6. The molecule has 1 unspecified atom stereocenters. The second-order valence-corrected chi connectivity index (χ2v) is 5.05. The van der Waals surface area contributed by atoms with Crippen LogP contribution in [0.3, 0.4) is 0 Å². The van der Waals surface area contributed by atoms with Gasteiger partial charge in [-0.3, -0.25) is 0 Å². The first kappa shape index (κ1) is 16.0. The molecule has 1 aromatic rings. The molecule has 0 saturated heterocycles. The van der Waals surface area contributed by atoms with Crippen LogP contribution in [0.25, 0.3) is 0 Å². The van der Waals surface area contributed by atoms with E-state index in [0.29, 0.717) is 6.04 Å². The molecule has 1 aromatic heterocycles. The average molecular weight is 264 g/mol. The Kier molecular flexibility index (Phi) is 8.23. The van der Waals surface area contributed by atoms with Crippen molar-refractivity contribution in [2.75, 3.05) is 13.7 Å². The molecule has 0 radical (unpaired) electrons. The highest BCUT2D eigenvalue weighted by Gasteiger charge is 2.04. The van der Waals surface area contributed by atoms with Crippen molar-refractivity contribution in [3.63, 3.8) is 0 Å². The number of hydrogen-bond donors (Lipinski definition) is 1. The Balaban J connectivity index is 2.22. The minimum atomic E-state index is 0.333. The molecule has 0 aromatic carbocycles. The normalized spacial score (nSPS) is 12.4. The van der Waals surface area contributed by atoms with Gasteiger partial charge < -0.3 is 10.1 Å². The van der Waals surface area contributed by atoms with Crippen LogP contribution in [-0.4, -0.2) is 18.6 Å². The standard InChI is InChI=1S/C16H28N2O/c1-4-5-6-7-8-9-12-19-16-13-15(10-11-18-16)14(2)17-3/h10-11,13-14,17H,4-9,12H2,1-3H3. The van der Waals surface area contributed by atoms with E-state index in [-0.39, 0.29) is 0 Å². The molecule has 0 aliphatic heterocycles. The van der Waals surface area contributed by atoms with Gasteiger partial charge in [-0.05, 0) is 32.0 Å². The van der Waals surface area contributed by atoms with Gasteiger partial charge in [0.25, 0.3) is 0 Å². The zero-order valence-corrected chi connectivity index (χ0v) is 12.6. The van der Waals surface area contributed by atoms with Crippen LogP contribution in [0.2, 0.25) is 0 Å². The third-order valence-corrected chi connectivity index (χ3v) is 3.44. The maximum atomic E-state index is 5.71. The van der Waals surface area contributed by atoms with Crippen LogP contribution in [0.15, 0.2) is 18.3 Å². The van der Waals surface area contributed by atoms with Crippen molar-refractivity contribution in [1.82, 2.24) is 10.3 Å². The summed E-state index contributed by atoms with van der Waals surface area (Å²) in [4.78, 5) is 4.25. The van der Waals surface area contributed by atoms with Crippen LogP contribution in [0.5, 0.6) is 5.88 Å². The highest BCUT2D eigenvalue weighted by atomic mass is 16.5. The van der Waals surface area contributed by atoms with Gasteiger partial charge in [-0.25, -0.2) is 4.98 Å². The molecule has 19 heavy (non-hydrogen) atoms. The summed E-state index contributed by atoms with van der Waals surface area (Å²) in [5.74, 6) is 0.744. The average Bonchev–Trinajstić information content (AvgIpc) is 2.46. The van der Waals surface area contributed by atoms with E-state index in [1.807, 2.05) is 25.4 Å². The van der Waals surface area contributed by atoms with E-state index >= 15 is 0 Å². The maximum Gasteiger partial charge on any atom is 0.213 e. The summed E-state index contributed by atoms with van der Waals surface area (Å²) in [5, 5.41) is 3.22. The molecule has 0 saturated carbocycles. The lowest BCUT2D eigenvalue weighted by atomic mass is 10.1. The van der Waals surface area contributed by atoms with E-state index in [0.717, 1.165) is 18.9 Å². The van der Waals surface area contributed by atoms with Gasteiger partial charge in [0.05, 0.1) is 6.61 Å². The fourth-order valence-electron chi connectivity index (χ4n) is 2.00. The van der Waals surface area contributed by atoms with Gasteiger partial charge in [-0.15, -0.1) is 0 Å². The molecule has 1 heterocycles. The predicted octanol–water partition coefficient (Wildman–Crippen LogP) is 4.10. The van der Waals surface area contributed by atoms with E-state index in [1.165, 1.54) is 37.7 Å². The number of nitrogens with zero attached hydrogens (tertiary/aromatic N) is 1. The van der Waals surface area contributed by atoms with Gasteiger partial charge >= 0.3 is 0 Å². The molecule has 0 spiro atoms. The van der Waals surface area contributed by atoms with E-state index in [9.17, 15) is 0 Å². The van der Waals surface area contributed by atoms with Gasteiger partial charge in [0.15, 0.2) is 0 Å². The van der Waals surface area contributed by atoms with Gasteiger partial charge in [-0.2, -0.15) is 0 Å². The highest BCUT2D eigenvalue weighted by molar-refractivity contribution is 5.23. The molecule has 0 bridgehead atoms. The highest BCUT2D eigenvalue weighted by Crippen LogP contribution is 2.16. The zero-order chi connectivity index (χ0) is 13.9. The number of nitrogens with one attached hydrogen (secondary N) is 1. The lowest BCUT2D eigenvalue weighted by Gasteiger charge is -2.12. The molecule has 1 N–H and O–H groups in total. The minimum absolute atomic E-state index is 0.333. The molecule has 1 atom stereocenters. The number of unbranched alkanes of at least 4 members (excludes halogenated alkanes) is 5. The van der Waals surface area contributed by atoms with Crippen molar-refractivity contribution >= 4 is 0 Å². The summed E-state index contributed by atoms with van der Waals surface area (Å²) in [6.45, 7) is 5.15. The summed E-state index contributed by atoms with van der Waals surface area (Å²) in [5.41, 5.74) is 1.22. The minimum Gasteiger partial charge on any atom is -0.478 e. The quantitative estimate of drug-likeness (QED) is 0.646. The molecular formula is C16H28N2O. The van der Waals surface area contributed by atoms with Gasteiger partial charge in [0, 0.05) is 18.3 Å². The smallest absolute Gasteiger partial charge is 0.213 e. The molecule has 108 valence electrons. The summed E-state index contributed by atoms with van der Waals surface area (Å²) < 4.78 is 5.71. The molecule has 3 heteroatoms.